The van der Waals surface area contributed by atoms with Crippen molar-refractivity contribution in [2.24, 2.45) is 0 Å². The summed E-state index contributed by atoms with van der Waals surface area (Å²) in [5, 5.41) is 0.626. The highest BCUT2D eigenvalue weighted by Crippen LogP contribution is 2.33. The van der Waals surface area contributed by atoms with Crippen molar-refractivity contribution in [3.05, 3.63) is 23.8 Å². The lowest BCUT2D eigenvalue weighted by molar-refractivity contribution is -0.0500. The molecule has 1 aromatic carbocycles. The van der Waals surface area contributed by atoms with Crippen molar-refractivity contribution in [1.82, 2.24) is 0 Å². The van der Waals surface area contributed by atoms with E-state index in [2.05, 4.69) is 4.18 Å². The van der Waals surface area contributed by atoms with Crippen molar-refractivity contribution in [2.45, 2.75) is 57.8 Å². The molecule has 0 amide bonds. The average Bonchev–Trinajstić information content (AvgIpc) is 2.44. The predicted molar refractivity (Wildman–Crippen MR) is 88.3 cm³/mol. The van der Waals surface area contributed by atoms with Gasteiger partial charge in [0.25, 0.3) is 0 Å². The minimum absolute atomic E-state index is 0.127. The molecule has 0 aromatic heterocycles. The molecule has 3 nitrogen and oxygen atoms in total. The topological polar surface area (TPSA) is 43.4 Å². The van der Waals surface area contributed by atoms with Crippen LogP contribution in [0.3, 0.4) is 0 Å². The van der Waals surface area contributed by atoms with Crippen molar-refractivity contribution < 1.29 is 25.8 Å². The standard InChI is InChI=1S/C15H23F3O3SSi/c1-6-23(5,7-2)13-10-8-9-12(11(3)4)14(13)21-22(19,20)15(16,17)18/h8-11H,6-7H2,1-5H3. The zero-order valence-electron chi connectivity index (χ0n) is 14.0. The smallest absolute Gasteiger partial charge is 0.376 e. The molecule has 1 aromatic rings. The molecular formula is C15H23F3O3SSi. The maximum atomic E-state index is 12.7. The van der Waals surface area contributed by atoms with Gasteiger partial charge in [0.1, 0.15) is 5.75 Å². The van der Waals surface area contributed by atoms with E-state index in [1.54, 1.807) is 32.0 Å². The summed E-state index contributed by atoms with van der Waals surface area (Å²) in [6, 6.07) is 6.65. The van der Waals surface area contributed by atoms with E-state index in [9.17, 15) is 21.6 Å². The Balaban J connectivity index is 3.61. The van der Waals surface area contributed by atoms with Gasteiger partial charge in [0.05, 0.1) is 8.07 Å². The fourth-order valence-electron chi connectivity index (χ4n) is 2.37. The summed E-state index contributed by atoms with van der Waals surface area (Å²) in [5.41, 5.74) is -4.96. The van der Waals surface area contributed by atoms with E-state index in [4.69, 9.17) is 0 Å². The zero-order valence-corrected chi connectivity index (χ0v) is 15.8. The van der Waals surface area contributed by atoms with Crippen LogP contribution in [0.5, 0.6) is 5.75 Å². The summed E-state index contributed by atoms with van der Waals surface area (Å²) in [6.07, 6.45) is 0. The normalized spacial score (nSPS) is 13.4. The van der Waals surface area contributed by atoms with E-state index in [1.165, 1.54) is 0 Å². The van der Waals surface area contributed by atoms with Crippen molar-refractivity contribution in [2.75, 3.05) is 0 Å². The van der Waals surface area contributed by atoms with Crippen molar-refractivity contribution in [3.63, 3.8) is 0 Å². The number of halogens is 3. The number of benzene rings is 1. The monoisotopic (exact) mass is 368 g/mol. The first kappa shape index (κ1) is 20.0. The van der Waals surface area contributed by atoms with Crippen molar-refractivity contribution >= 4 is 23.4 Å². The molecule has 0 atom stereocenters. The van der Waals surface area contributed by atoms with Gasteiger partial charge in [0, 0.05) is 0 Å². The first-order chi connectivity index (χ1) is 10.4. The lowest BCUT2D eigenvalue weighted by atomic mass is 10.0. The van der Waals surface area contributed by atoms with Crippen molar-refractivity contribution in [1.29, 1.82) is 0 Å². The van der Waals surface area contributed by atoms with E-state index in [0.717, 1.165) is 12.1 Å². The van der Waals surface area contributed by atoms with Gasteiger partial charge in [-0.3, -0.25) is 0 Å². The molecule has 0 aliphatic rings. The van der Waals surface area contributed by atoms with Crippen LogP contribution in [-0.2, 0) is 10.1 Å². The average molecular weight is 368 g/mol. The Morgan fingerprint density at radius 1 is 1.17 bits per heavy atom. The van der Waals surface area contributed by atoms with Gasteiger partial charge in [-0.25, -0.2) is 0 Å². The third kappa shape index (κ3) is 4.09. The van der Waals surface area contributed by atoms with Gasteiger partial charge >= 0.3 is 15.6 Å². The summed E-state index contributed by atoms with van der Waals surface area (Å²) in [5.74, 6) is -0.280. The molecule has 1 rings (SSSR count). The lowest BCUT2D eigenvalue weighted by Crippen LogP contribution is -2.45. The van der Waals surface area contributed by atoms with E-state index >= 15 is 0 Å². The molecule has 0 fully saturated rings. The Morgan fingerprint density at radius 2 is 1.70 bits per heavy atom. The van der Waals surface area contributed by atoms with Crippen LogP contribution < -0.4 is 9.37 Å². The quantitative estimate of drug-likeness (QED) is 0.426. The minimum atomic E-state index is -5.68. The SMILES string of the molecule is CC[Si](C)(CC)c1cccc(C(C)C)c1OS(=O)(=O)C(F)(F)F. The molecule has 0 saturated carbocycles. The van der Waals surface area contributed by atoms with Crippen LogP contribution in [0, 0.1) is 0 Å². The zero-order chi connectivity index (χ0) is 18.1. The highest BCUT2D eigenvalue weighted by Gasteiger charge is 2.49. The summed E-state index contributed by atoms with van der Waals surface area (Å²) in [6.45, 7) is 9.56. The van der Waals surface area contributed by atoms with Gasteiger partial charge in [-0.15, -0.1) is 0 Å². The fraction of sp³-hybridized carbons (Fsp3) is 0.600. The largest absolute Gasteiger partial charge is 0.534 e. The Labute approximate surface area is 137 Å². The predicted octanol–water partition coefficient (Wildman–Crippen LogP) is 4.36. The highest BCUT2D eigenvalue weighted by atomic mass is 32.2. The third-order valence-corrected chi connectivity index (χ3v) is 10.1. The fourth-order valence-corrected chi connectivity index (χ4v) is 5.44. The van der Waals surface area contributed by atoms with E-state index in [0.29, 0.717) is 10.8 Å². The summed E-state index contributed by atoms with van der Waals surface area (Å²) < 4.78 is 65.9. The number of alkyl halides is 3. The lowest BCUT2D eigenvalue weighted by Gasteiger charge is -2.29. The third-order valence-electron chi connectivity index (χ3n) is 4.35. The van der Waals surface area contributed by atoms with Crippen LogP contribution in [0.15, 0.2) is 18.2 Å². The maximum Gasteiger partial charge on any atom is 0.534 e. The van der Waals surface area contributed by atoms with E-state index in [1.807, 2.05) is 20.4 Å². The number of para-hydroxylation sites is 1. The second-order valence-electron chi connectivity index (χ2n) is 6.13. The molecule has 0 aliphatic heterocycles. The molecular weight excluding hydrogens is 345 g/mol. The Bertz CT molecular complexity index is 650. The van der Waals surface area contributed by atoms with E-state index < -0.39 is 23.7 Å². The van der Waals surface area contributed by atoms with Crippen LogP contribution in [0.25, 0.3) is 0 Å². The van der Waals surface area contributed by atoms with Gasteiger partial charge in [-0.1, -0.05) is 64.5 Å². The van der Waals surface area contributed by atoms with Crippen LogP contribution in [-0.4, -0.2) is 22.0 Å². The Kier molecular flexibility index (Phi) is 5.96. The first-order valence-electron chi connectivity index (χ1n) is 7.53. The number of rotatable bonds is 6. The van der Waals surface area contributed by atoms with Crippen LogP contribution in [0.2, 0.25) is 18.6 Å². The van der Waals surface area contributed by atoms with Gasteiger partial charge in [0.2, 0.25) is 0 Å². The van der Waals surface area contributed by atoms with Gasteiger partial charge in [-0.05, 0) is 16.7 Å². The van der Waals surface area contributed by atoms with Crippen molar-refractivity contribution in [3.8, 4) is 5.75 Å². The van der Waals surface area contributed by atoms with E-state index in [-0.39, 0.29) is 11.7 Å². The molecule has 0 aliphatic carbocycles. The molecule has 0 saturated heterocycles. The number of hydrogen-bond acceptors (Lipinski definition) is 3. The molecule has 0 heterocycles. The molecule has 0 N–H and O–H groups in total. The van der Waals surface area contributed by atoms with Crippen LogP contribution in [0.4, 0.5) is 13.2 Å². The Morgan fingerprint density at radius 3 is 2.09 bits per heavy atom. The first-order valence-corrected chi connectivity index (χ1v) is 11.9. The van der Waals surface area contributed by atoms with Crippen LogP contribution >= 0.6 is 0 Å². The second kappa shape index (κ2) is 6.84. The molecule has 0 spiro atoms. The summed E-state index contributed by atoms with van der Waals surface area (Å²) in [4.78, 5) is 0. The molecule has 132 valence electrons. The summed E-state index contributed by atoms with van der Waals surface area (Å²) in [7, 11) is -7.79. The highest BCUT2D eigenvalue weighted by molar-refractivity contribution is 7.88. The second-order valence-corrected chi connectivity index (χ2v) is 12.7. The maximum absolute atomic E-state index is 12.7. The molecule has 8 heteroatoms. The number of hydrogen-bond donors (Lipinski definition) is 0. The minimum Gasteiger partial charge on any atom is -0.376 e. The molecule has 0 unspecified atom stereocenters. The van der Waals surface area contributed by atoms with Gasteiger partial charge in [-0.2, -0.15) is 21.6 Å². The molecule has 0 radical (unpaired) electrons. The molecule has 23 heavy (non-hydrogen) atoms. The van der Waals surface area contributed by atoms with Crippen LogP contribution in [0.1, 0.15) is 39.2 Å². The summed E-state index contributed by atoms with van der Waals surface area (Å²) >= 11 is 0. The van der Waals surface area contributed by atoms with Gasteiger partial charge in [0.15, 0.2) is 0 Å². The Hall–Kier alpha value is -1.02. The molecule has 0 bridgehead atoms. The van der Waals surface area contributed by atoms with Gasteiger partial charge < -0.3 is 4.18 Å².